The summed E-state index contributed by atoms with van der Waals surface area (Å²) in [5, 5.41) is 3.52. The van der Waals surface area contributed by atoms with Gasteiger partial charge in [-0.05, 0) is 93.6 Å². The summed E-state index contributed by atoms with van der Waals surface area (Å²) >= 11 is 1.87. The molecule has 2 N–H and O–H groups in total. The number of allylic oxidation sites excluding steroid dienone is 2. The summed E-state index contributed by atoms with van der Waals surface area (Å²) in [4.78, 5) is 15.7. The van der Waals surface area contributed by atoms with Crippen molar-refractivity contribution in [2.75, 3.05) is 0 Å². The van der Waals surface area contributed by atoms with Crippen LogP contribution in [0.3, 0.4) is 0 Å². The lowest BCUT2D eigenvalue weighted by Gasteiger charge is -2.15. The van der Waals surface area contributed by atoms with Crippen molar-refractivity contribution in [2.45, 2.75) is 99.5 Å². The van der Waals surface area contributed by atoms with E-state index in [1.807, 2.05) is 25.2 Å². The molecule has 0 amide bonds. The van der Waals surface area contributed by atoms with Crippen molar-refractivity contribution in [3.63, 3.8) is 0 Å². The molecule has 2 aliphatic rings. The Bertz CT molecular complexity index is 2290. The number of thiophene rings is 1. The molecule has 0 saturated heterocycles. The molecular weight excluding hydrogens is 689 g/mol. The van der Waals surface area contributed by atoms with Crippen LogP contribution in [0.15, 0.2) is 126 Å². The number of aliphatic imine (C=N–C) groups is 1. The first-order valence-corrected chi connectivity index (χ1v) is 20.9. The van der Waals surface area contributed by atoms with Gasteiger partial charge in [0.1, 0.15) is 11.7 Å². The summed E-state index contributed by atoms with van der Waals surface area (Å²) in [5.41, 5.74) is 13.7. The van der Waals surface area contributed by atoms with Gasteiger partial charge in [0.25, 0.3) is 0 Å². The Morgan fingerprint density at radius 1 is 0.709 bits per heavy atom. The Kier molecular flexibility index (Phi) is 12.4. The fourth-order valence-corrected chi connectivity index (χ4v) is 7.78. The molecule has 55 heavy (non-hydrogen) atoms. The van der Waals surface area contributed by atoms with E-state index in [2.05, 4.69) is 181 Å². The SMILES string of the molecule is CC.CC(C)c1ccc(-c2ccc(-c3ccc4nc(C(C)(C)C)[nH]c4c3)cc2)cc1.CCc1ccc(-c2ccc(C3=CCC4N=C(C(C)C)NC4=C3)s2)cc1. The first kappa shape index (κ1) is 39.7. The van der Waals surface area contributed by atoms with E-state index < -0.39 is 0 Å². The predicted octanol–water partition coefficient (Wildman–Crippen LogP) is 14.0. The van der Waals surface area contributed by atoms with Crippen LogP contribution in [0.1, 0.15) is 103 Å². The number of aryl methyl sites for hydroxylation is 1. The molecule has 8 rings (SSSR count). The Labute approximate surface area is 333 Å². The van der Waals surface area contributed by atoms with Crippen molar-refractivity contribution in [2.24, 2.45) is 10.9 Å². The van der Waals surface area contributed by atoms with Gasteiger partial charge < -0.3 is 10.3 Å². The number of fused-ring (bicyclic) bond motifs is 2. The minimum Gasteiger partial charge on any atom is -0.345 e. The Balaban J connectivity index is 0.000000180. The van der Waals surface area contributed by atoms with Crippen molar-refractivity contribution in [1.29, 1.82) is 0 Å². The largest absolute Gasteiger partial charge is 0.345 e. The lowest BCUT2D eigenvalue weighted by atomic mass is 9.96. The molecular formula is C50H58N4S. The summed E-state index contributed by atoms with van der Waals surface area (Å²) in [7, 11) is 0. The summed E-state index contributed by atoms with van der Waals surface area (Å²) in [6.45, 7) is 21.6. The van der Waals surface area contributed by atoms with Gasteiger partial charge >= 0.3 is 0 Å². The number of aromatic nitrogens is 2. The minimum atomic E-state index is 0.0198. The maximum Gasteiger partial charge on any atom is 0.112 e. The molecule has 1 unspecified atom stereocenters. The van der Waals surface area contributed by atoms with E-state index in [-0.39, 0.29) is 5.41 Å². The molecule has 6 aromatic rings. The highest BCUT2D eigenvalue weighted by Crippen LogP contribution is 2.36. The third kappa shape index (κ3) is 9.28. The molecule has 4 nitrogen and oxygen atoms in total. The Hall–Kier alpha value is -5.00. The number of aromatic amines is 1. The van der Waals surface area contributed by atoms with E-state index in [0.717, 1.165) is 35.5 Å². The molecule has 3 heterocycles. The maximum atomic E-state index is 4.80. The zero-order valence-electron chi connectivity index (χ0n) is 34.4. The average molecular weight is 747 g/mol. The van der Waals surface area contributed by atoms with Crippen LogP contribution in [0.25, 0.3) is 49.3 Å². The van der Waals surface area contributed by atoms with E-state index in [4.69, 9.17) is 9.98 Å². The smallest absolute Gasteiger partial charge is 0.112 e. The molecule has 1 atom stereocenters. The molecule has 0 saturated carbocycles. The van der Waals surface area contributed by atoms with Crippen LogP contribution in [0, 0.1) is 5.92 Å². The topological polar surface area (TPSA) is 53.1 Å². The molecule has 1 aliphatic heterocycles. The molecule has 5 heteroatoms. The maximum absolute atomic E-state index is 4.80. The third-order valence-corrected chi connectivity index (χ3v) is 11.4. The number of rotatable bonds is 7. The van der Waals surface area contributed by atoms with Crippen LogP contribution in [0.2, 0.25) is 0 Å². The van der Waals surface area contributed by atoms with Crippen LogP contribution in [-0.4, -0.2) is 21.8 Å². The molecule has 4 aromatic carbocycles. The summed E-state index contributed by atoms with van der Waals surface area (Å²) in [6.07, 6.45) is 6.69. The van der Waals surface area contributed by atoms with Gasteiger partial charge in [-0.2, -0.15) is 0 Å². The molecule has 0 bridgehead atoms. The van der Waals surface area contributed by atoms with Crippen LogP contribution in [-0.2, 0) is 11.8 Å². The first-order valence-electron chi connectivity index (χ1n) is 20.1. The van der Waals surface area contributed by atoms with Gasteiger partial charge in [0, 0.05) is 26.8 Å². The second kappa shape index (κ2) is 17.2. The number of hydrogen-bond acceptors (Lipinski definition) is 4. The van der Waals surface area contributed by atoms with Crippen molar-refractivity contribution in [3.8, 4) is 32.7 Å². The summed E-state index contributed by atoms with van der Waals surface area (Å²) in [6, 6.07) is 37.9. The lowest BCUT2D eigenvalue weighted by Crippen LogP contribution is -2.23. The molecule has 1 aliphatic carbocycles. The quantitative estimate of drug-likeness (QED) is 0.171. The standard InChI is InChI=1S/C26H28N2.C22H24N2S.C2H6/c1-17(2)18-6-8-19(9-7-18)20-10-12-21(13-11-20)22-14-15-23-24(16-22)28-25(27-23)26(3,4)5;1-4-15-5-7-16(8-6-15)20-11-12-21(25-20)17-9-10-18-19(13-17)24-22(23-18)14(2)3;1-2/h6-17H,1-5H3,(H,27,28);5-9,11-14,18H,4,10H2,1-3H3,(H,23,24);1-2H3. The Morgan fingerprint density at radius 3 is 1.89 bits per heavy atom. The number of H-pyrrole nitrogens is 1. The normalized spacial score (nSPS) is 15.0. The van der Waals surface area contributed by atoms with Crippen molar-refractivity contribution >= 4 is 33.8 Å². The fraction of sp³-hybridized carbons (Fsp3) is 0.320. The van der Waals surface area contributed by atoms with Gasteiger partial charge in [-0.1, -0.05) is 154 Å². The van der Waals surface area contributed by atoms with E-state index in [9.17, 15) is 0 Å². The van der Waals surface area contributed by atoms with Crippen molar-refractivity contribution in [1.82, 2.24) is 15.3 Å². The zero-order chi connectivity index (χ0) is 39.3. The van der Waals surface area contributed by atoms with Gasteiger partial charge in [0.2, 0.25) is 0 Å². The third-order valence-electron chi connectivity index (χ3n) is 10.2. The van der Waals surface area contributed by atoms with E-state index in [1.165, 1.54) is 60.0 Å². The zero-order valence-corrected chi connectivity index (χ0v) is 35.2. The highest BCUT2D eigenvalue weighted by molar-refractivity contribution is 7.16. The van der Waals surface area contributed by atoms with Crippen molar-refractivity contribution < 1.29 is 0 Å². The monoisotopic (exact) mass is 746 g/mol. The van der Waals surface area contributed by atoms with Gasteiger partial charge in [-0.25, -0.2) is 4.98 Å². The van der Waals surface area contributed by atoms with Crippen molar-refractivity contribution in [3.05, 3.63) is 143 Å². The molecule has 0 spiro atoms. The van der Waals surface area contributed by atoms with Crippen LogP contribution in [0.5, 0.6) is 0 Å². The highest BCUT2D eigenvalue weighted by Gasteiger charge is 2.26. The summed E-state index contributed by atoms with van der Waals surface area (Å²) < 4.78 is 0. The number of nitrogens with zero attached hydrogens (tertiary/aromatic N) is 2. The van der Waals surface area contributed by atoms with Crippen LogP contribution >= 0.6 is 11.3 Å². The molecule has 0 radical (unpaired) electrons. The van der Waals surface area contributed by atoms with Gasteiger partial charge in [0.05, 0.1) is 17.1 Å². The number of hydrogen-bond donors (Lipinski definition) is 2. The highest BCUT2D eigenvalue weighted by atomic mass is 32.1. The lowest BCUT2D eigenvalue weighted by molar-refractivity contribution is 0.554. The Morgan fingerprint density at radius 2 is 1.29 bits per heavy atom. The number of imidazole rings is 1. The second-order valence-corrected chi connectivity index (χ2v) is 17.0. The number of benzene rings is 4. The minimum absolute atomic E-state index is 0.0198. The van der Waals surface area contributed by atoms with Gasteiger partial charge in [-0.15, -0.1) is 11.3 Å². The van der Waals surface area contributed by atoms with E-state index >= 15 is 0 Å². The van der Waals surface area contributed by atoms with E-state index in [0.29, 0.717) is 17.9 Å². The van der Waals surface area contributed by atoms with Gasteiger partial charge in [-0.3, -0.25) is 4.99 Å². The number of amidine groups is 1. The number of nitrogens with one attached hydrogen (secondary N) is 2. The molecule has 0 fully saturated rings. The first-order chi connectivity index (χ1) is 26.4. The molecule has 284 valence electrons. The van der Waals surface area contributed by atoms with E-state index in [1.54, 1.807) is 0 Å². The second-order valence-electron chi connectivity index (χ2n) is 15.9. The summed E-state index contributed by atoms with van der Waals surface area (Å²) in [5.74, 6) is 3.16. The fourth-order valence-electron chi connectivity index (χ4n) is 6.76. The predicted molar refractivity (Wildman–Crippen MR) is 240 cm³/mol. The van der Waals surface area contributed by atoms with Crippen LogP contribution in [0.4, 0.5) is 0 Å². The van der Waals surface area contributed by atoms with Crippen LogP contribution < -0.4 is 5.32 Å². The average Bonchev–Trinajstić information content (AvgIpc) is 3.98. The molecule has 2 aromatic heterocycles. The van der Waals surface area contributed by atoms with Gasteiger partial charge in [0.15, 0.2) is 0 Å².